The van der Waals surface area contributed by atoms with E-state index in [-0.39, 0.29) is 0 Å². The van der Waals surface area contributed by atoms with E-state index in [4.69, 9.17) is 4.74 Å². The van der Waals surface area contributed by atoms with Gasteiger partial charge in [0.1, 0.15) is 0 Å². The Morgan fingerprint density at radius 2 is 2.32 bits per heavy atom. The van der Waals surface area contributed by atoms with Gasteiger partial charge in [0.05, 0.1) is 18.4 Å². The van der Waals surface area contributed by atoms with Crippen LogP contribution >= 0.6 is 0 Å². The number of aromatic nitrogens is 2. The largest absolute Gasteiger partial charge is 0.378 e. The van der Waals surface area contributed by atoms with Gasteiger partial charge >= 0.3 is 0 Å². The molecule has 4 nitrogen and oxygen atoms in total. The van der Waals surface area contributed by atoms with Gasteiger partial charge in [-0.2, -0.15) is 5.10 Å². The molecule has 4 heteroatoms. The number of hydrogen-bond donors (Lipinski definition) is 1. The van der Waals surface area contributed by atoms with Gasteiger partial charge in [-0.1, -0.05) is 6.92 Å². The Bertz CT molecular complexity index is 388. The molecule has 1 aromatic heterocycles. The highest BCUT2D eigenvalue weighted by atomic mass is 16.5. The molecule has 1 N–H and O–H groups in total. The fourth-order valence-electron chi connectivity index (χ4n) is 2.80. The third kappa shape index (κ3) is 3.80. The van der Waals surface area contributed by atoms with Crippen LogP contribution in [-0.2, 0) is 11.2 Å². The summed E-state index contributed by atoms with van der Waals surface area (Å²) in [7, 11) is 0. The molecule has 0 amide bonds. The number of ether oxygens (including phenoxy) is 1. The van der Waals surface area contributed by atoms with Crippen LogP contribution in [0.1, 0.15) is 45.9 Å². The van der Waals surface area contributed by atoms with Crippen molar-refractivity contribution in [2.24, 2.45) is 5.92 Å². The minimum Gasteiger partial charge on any atom is -0.378 e. The Kier molecular flexibility index (Phi) is 4.99. The predicted molar refractivity (Wildman–Crippen MR) is 77.3 cm³/mol. The topological polar surface area (TPSA) is 39.1 Å². The minimum atomic E-state index is 0.402. The molecule has 2 heterocycles. The third-order valence-electron chi connectivity index (χ3n) is 3.89. The van der Waals surface area contributed by atoms with Crippen LogP contribution in [-0.4, -0.2) is 35.1 Å². The Morgan fingerprint density at radius 1 is 1.53 bits per heavy atom. The number of nitrogens with one attached hydrogen (secondary N) is 1. The molecule has 1 saturated heterocycles. The van der Waals surface area contributed by atoms with Gasteiger partial charge in [0.2, 0.25) is 0 Å². The first-order valence-corrected chi connectivity index (χ1v) is 7.49. The van der Waals surface area contributed by atoms with Crippen molar-refractivity contribution >= 4 is 0 Å². The van der Waals surface area contributed by atoms with Crippen LogP contribution < -0.4 is 5.32 Å². The Labute approximate surface area is 116 Å². The second kappa shape index (κ2) is 6.53. The Hall–Kier alpha value is -0.870. The summed E-state index contributed by atoms with van der Waals surface area (Å²) in [6.07, 6.45) is 4.63. The van der Waals surface area contributed by atoms with E-state index in [1.165, 1.54) is 5.69 Å². The molecule has 1 fully saturated rings. The average molecular weight is 265 g/mol. The van der Waals surface area contributed by atoms with Crippen molar-refractivity contribution in [3.8, 4) is 0 Å². The second-order valence-electron chi connectivity index (χ2n) is 5.89. The van der Waals surface area contributed by atoms with Crippen molar-refractivity contribution in [2.75, 3.05) is 13.2 Å². The SMILES string of the molecule is CCNC(Cc1ccn(C(C)C)n1)C1COC(C)C1. The lowest BCUT2D eigenvalue weighted by molar-refractivity contribution is 0.117. The second-order valence-corrected chi connectivity index (χ2v) is 5.89. The maximum absolute atomic E-state index is 5.71. The van der Waals surface area contributed by atoms with Crippen LogP contribution in [0.3, 0.4) is 0 Å². The van der Waals surface area contributed by atoms with E-state index in [9.17, 15) is 0 Å². The number of hydrogen-bond acceptors (Lipinski definition) is 3. The molecule has 0 radical (unpaired) electrons. The lowest BCUT2D eigenvalue weighted by atomic mass is 9.93. The molecule has 1 aliphatic rings. The summed E-state index contributed by atoms with van der Waals surface area (Å²) in [6.45, 7) is 10.5. The Morgan fingerprint density at radius 3 is 2.84 bits per heavy atom. The maximum atomic E-state index is 5.71. The molecular formula is C15H27N3O. The average Bonchev–Trinajstić information content (AvgIpc) is 2.97. The lowest BCUT2D eigenvalue weighted by Crippen LogP contribution is -2.38. The molecule has 1 aromatic rings. The number of likely N-dealkylation sites (N-methyl/N-ethyl adjacent to an activating group) is 1. The van der Waals surface area contributed by atoms with E-state index in [2.05, 4.69) is 50.4 Å². The summed E-state index contributed by atoms with van der Waals surface area (Å²) in [5, 5.41) is 8.26. The first-order valence-electron chi connectivity index (χ1n) is 7.49. The zero-order valence-corrected chi connectivity index (χ0v) is 12.6. The van der Waals surface area contributed by atoms with Crippen LogP contribution in [0.4, 0.5) is 0 Å². The zero-order chi connectivity index (χ0) is 13.8. The van der Waals surface area contributed by atoms with Crippen molar-refractivity contribution in [3.63, 3.8) is 0 Å². The van der Waals surface area contributed by atoms with E-state index in [1.54, 1.807) is 0 Å². The van der Waals surface area contributed by atoms with E-state index in [0.29, 0.717) is 24.1 Å². The van der Waals surface area contributed by atoms with Gasteiger partial charge in [0.15, 0.2) is 0 Å². The summed E-state index contributed by atoms with van der Waals surface area (Å²) in [6, 6.07) is 3.05. The molecule has 19 heavy (non-hydrogen) atoms. The van der Waals surface area contributed by atoms with Crippen molar-refractivity contribution in [1.29, 1.82) is 0 Å². The fourth-order valence-corrected chi connectivity index (χ4v) is 2.80. The van der Waals surface area contributed by atoms with Crippen LogP contribution in [0.15, 0.2) is 12.3 Å². The first-order chi connectivity index (χ1) is 9.10. The highest BCUT2D eigenvalue weighted by Gasteiger charge is 2.29. The molecular weight excluding hydrogens is 238 g/mol. The minimum absolute atomic E-state index is 0.402. The van der Waals surface area contributed by atoms with Gasteiger partial charge in [-0.3, -0.25) is 4.68 Å². The third-order valence-corrected chi connectivity index (χ3v) is 3.89. The molecule has 108 valence electrons. The zero-order valence-electron chi connectivity index (χ0n) is 12.6. The van der Waals surface area contributed by atoms with Crippen molar-refractivity contribution < 1.29 is 4.74 Å². The summed E-state index contributed by atoms with van der Waals surface area (Å²) in [5.74, 6) is 0.610. The van der Waals surface area contributed by atoms with Crippen LogP contribution in [0, 0.1) is 5.92 Å². The van der Waals surface area contributed by atoms with Gasteiger partial charge in [-0.15, -0.1) is 0 Å². The van der Waals surface area contributed by atoms with Gasteiger partial charge in [-0.05, 0) is 39.8 Å². The van der Waals surface area contributed by atoms with Gasteiger partial charge in [0.25, 0.3) is 0 Å². The summed E-state index contributed by atoms with van der Waals surface area (Å²) in [4.78, 5) is 0. The molecule has 0 spiro atoms. The highest BCUT2D eigenvalue weighted by Crippen LogP contribution is 2.24. The maximum Gasteiger partial charge on any atom is 0.0640 e. The van der Waals surface area contributed by atoms with Crippen LogP contribution in [0.5, 0.6) is 0 Å². The molecule has 1 aliphatic heterocycles. The standard InChI is InChI=1S/C15H27N3O/c1-5-16-15(13-8-12(4)19-10-13)9-14-6-7-18(17-14)11(2)3/h6-7,11-13,15-16H,5,8-10H2,1-4H3. The molecule has 3 atom stereocenters. The van der Waals surface area contributed by atoms with Crippen LogP contribution in [0.2, 0.25) is 0 Å². The molecule has 0 bridgehead atoms. The molecule has 0 aliphatic carbocycles. The van der Waals surface area contributed by atoms with Crippen molar-refractivity contribution in [3.05, 3.63) is 18.0 Å². The molecule has 2 rings (SSSR count). The lowest BCUT2D eigenvalue weighted by Gasteiger charge is -2.22. The summed E-state index contributed by atoms with van der Waals surface area (Å²) >= 11 is 0. The van der Waals surface area contributed by atoms with E-state index in [1.807, 2.05) is 4.68 Å². The van der Waals surface area contributed by atoms with Crippen molar-refractivity contribution in [1.82, 2.24) is 15.1 Å². The monoisotopic (exact) mass is 265 g/mol. The van der Waals surface area contributed by atoms with E-state index >= 15 is 0 Å². The molecule has 0 aromatic carbocycles. The highest BCUT2D eigenvalue weighted by molar-refractivity contribution is 5.03. The fraction of sp³-hybridized carbons (Fsp3) is 0.800. The molecule has 0 saturated carbocycles. The van der Waals surface area contributed by atoms with Gasteiger partial charge in [-0.25, -0.2) is 0 Å². The Balaban J connectivity index is 1.99. The first kappa shape index (κ1) is 14.5. The van der Waals surface area contributed by atoms with Gasteiger partial charge in [0, 0.05) is 30.6 Å². The summed E-state index contributed by atoms with van der Waals surface area (Å²) in [5.41, 5.74) is 1.18. The van der Waals surface area contributed by atoms with Crippen LogP contribution in [0.25, 0.3) is 0 Å². The van der Waals surface area contributed by atoms with E-state index < -0.39 is 0 Å². The van der Waals surface area contributed by atoms with Gasteiger partial charge < -0.3 is 10.1 Å². The quantitative estimate of drug-likeness (QED) is 0.858. The number of nitrogens with zero attached hydrogens (tertiary/aromatic N) is 2. The van der Waals surface area contributed by atoms with Crippen molar-refractivity contribution in [2.45, 2.75) is 58.7 Å². The molecule has 3 unspecified atom stereocenters. The van der Waals surface area contributed by atoms with E-state index in [0.717, 1.165) is 26.0 Å². The smallest absolute Gasteiger partial charge is 0.0640 e. The normalized spacial score (nSPS) is 25.1. The predicted octanol–water partition coefficient (Wildman–Crippen LogP) is 2.41. The number of rotatable bonds is 6. The summed E-state index contributed by atoms with van der Waals surface area (Å²) < 4.78 is 7.74.